The van der Waals surface area contributed by atoms with Crippen molar-refractivity contribution in [2.45, 2.75) is 82.6 Å². The Bertz CT molecular complexity index is 2220. The molecule has 3 aliphatic heterocycles. The molecule has 5 aliphatic rings. The number of hydrogen-bond donors (Lipinski definition) is 5. The standard InChI is InChI=1S/C47H56N10O3/c1-3-21-48-44(59)39-27-50-46(55-43(39)53-40-17-9-33-6-5-31(4-2)42(33)52-40)51-34-10-14-36(15-11-34)56-22-19-30(20-23-56)26-49-35-24-47(25-35)28-57(29-47)37-12-7-32(8-13-37)38-16-18-41(58)54-45(38)60/h3,7-15,17,27,30-31,35,38,49H,1,4-6,16,18-26,28-29H2,2H3,(H,48,59)(H,54,58,60)(H2,50,51,52,53,55). The third kappa shape index (κ3) is 8.45. The summed E-state index contributed by atoms with van der Waals surface area (Å²) in [6.07, 6.45) is 12.2. The number of aryl methyl sites for hydroxylation is 1. The number of hydrogen-bond acceptors (Lipinski definition) is 11. The monoisotopic (exact) mass is 808 g/mol. The molecule has 1 spiro atoms. The van der Waals surface area contributed by atoms with Crippen LogP contribution < -0.4 is 36.4 Å². The largest absolute Gasteiger partial charge is 0.372 e. The van der Waals surface area contributed by atoms with Gasteiger partial charge in [0.15, 0.2) is 0 Å². The van der Waals surface area contributed by atoms with Gasteiger partial charge in [-0.1, -0.05) is 31.2 Å². The second-order valence-electron chi connectivity index (χ2n) is 17.5. The number of rotatable bonds is 14. The molecule has 0 bridgehead atoms. The van der Waals surface area contributed by atoms with Crippen molar-refractivity contribution in [1.82, 2.24) is 30.9 Å². The Balaban J connectivity index is 0.726. The molecule has 3 saturated heterocycles. The van der Waals surface area contributed by atoms with Crippen LogP contribution in [0.15, 0.2) is 79.5 Å². The van der Waals surface area contributed by atoms with E-state index in [1.807, 2.05) is 6.07 Å². The van der Waals surface area contributed by atoms with Crippen LogP contribution in [-0.2, 0) is 16.0 Å². The van der Waals surface area contributed by atoms with Crippen molar-refractivity contribution >= 4 is 52.4 Å². The van der Waals surface area contributed by atoms with E-state index in [9.17, 15) is 14.4 Å². The Hall–Kier alpha value is -5.82. The predicted molar refractivity (Wildman–Crippen MR) is 235 cm³/mol. The summed E-state index contributed by atoms with van der Waals surface area (Å²) in [4.78, 5) is 56.0. The van der Waals surface area contributed by atoms with Gasteiger partial charge in [0.2, 0.25) is 17.8 Å². The van der Waals surface area contributed by atoms with E-state index in [4.69, 9.17) is 9.97 Å². The van der Waals surface area contributed by atoms with Crippen molar-refractivity contribution in [1.29, 1.82) is 0 Å². The zero-order valence-corrected chi connectivity index (χ0v) is 34.5. The first-order valence-corrected chi connectivity index (χ1v) is 21.8. The van der Waals surface area contributed by atoms with Crippen molar-refractivity contribution in [2.75, 3.05) is 59.7 Å². The van der Waals surface area contributed by atoms with Crippen LogP contribution >= 0.6 is 0 Å². The van der Waals surface area contributed by atoms with Gasteiger partial charge in [0.1, 0.15) is 17.2 Å². The highest BCUT2D eigenvalue weighted by molar-refractivity contribution is 6.01. The van der Waals surface area contributed by atoms with E-state index in [1.165, 1.54) is 42.6 Å². The minimum atomic E-state index is -0.284. The Kier molecular flexibility index (Phi) is 11.3. The highest BCUT2D eigenvalue weighted by Gasteiger charge is 2.52. The summed E-state index contributed by atoms with van der Waals surface area (Å²) in [6.45, 7) is 11.6. The number of amides is 3. The third-order valence-corrected chi connectivity index (χ3v) is 13.5. The SMILES string of the molecule is C=CCNC(=O)c1cnc(Nc2ccc(N3CCC(CNC4CC5(C4)CN(c4ccc(C6CCC(=O)NC6=O)cc4)C5)CC3)cc2)nc1Nc1ccc2c(n1)C(CC)CC2. The quantitative estimate of drug-likeness (QED) is 0.0682. The number of aromatic nitrogens is 3. The zero-order valence-electron chi connectivity index (χ0n) is 34.5. The Labute approximate surface area is 352 Å². The lowest BCUT2D eigenvalue weighted by molar-refractivity contribution is -0.134. The molecule has 2 aliphatic carbocycles. The number of nitrogens with one attached hydrogen (secondary N) is 5. The van der Waals surface area contributed by atoms with Crippen LogP contribution in [-0.4, -0.2) is 78.0 Å². The van der Waals surface area contributed by atoms with Gasteiger partial charge in [-0.25, -0.2) is 9.97 Å². The first-order chi connectivity index (χ1) is 29.2. The number of carbonyl (C=O) groups is 3. The van der Waals surface area contributed by atoms with E-state index in [0.717, 1.165) is 68.9 Å². The van der Waals surface area contributed by atoms with Crippen LogP contribution in [0, 0.1) is 11.3 Å². The first kappa shape index (κ1) is 39.6. The Morgan fingerprint density at radius 1 is 0.900 bits per heavy atom. The van der Waals surface area contributed by atoms with Crippen molar-refractivity contribution < 1.29 is 14.4 Å². The smallest absolute Gasteiger partial charge is 0.256 e. The summed E-state index contributed by atoms with van der Waals surface area (Å²) < 4.78 is 0. The molecule has 60 heavy (non-hydrogen) atoms. The van der Waals surface area contributed by atoms with E-state index in [0.29, 0.717) is 65.8 Å². The van der Waals surface area contributed by atoms with Gasteiger partial charge in [0.05, 0.1) is 5.92 Å². The fourth-order valence-electron chi connectivity index (χ4n) is 9.96. The third-order valence-electron chi connectivity index (χ3n) is 13.5. The van der Waals surface area contributed by atoms with E-state index in [2.05, 4.69) is 109 Å². The second kappa shape index (κ2) is 17.0. The van der Waals surface area contributed by atoms with Crippen molar-refractivity contribution in [3.63, 3.8) is 0 Å². The Morgan fingerprint density at radius 3 is 2.38 bits per heavy atom. The van der Waals surface area contributed by atoms with Crippen molar-refractivity contribution in [3.8, 4) is 0 Å². The van der Waals surface area contributed by atoms with Crippen LogP contribution in [0.2, 0.25) is 0 Å². The van der Waals surface area contributed by atoms with Gasteiger partial charge in [-0.3, -0.25) is 19.7 Å². The summed E-state index contributed by atoms with van der Waals surface area (Å²) in [5.74, 6) is 1.70. The number of nitrogens with zero attached hydrogens (tertiary/aromatic N) is 5. The van der Waals surface area contributed by atoms with Crippen molar-refractivity contribution in [3.05, 3.63) is 102 Å². The molecule has 3 amide bonds. The van der Waals surface area contributed by atoms with E-state index in [-0.39, 0.29) is 23.6 Å². The minimum absolute atomic E-state index is 0.173. The maximum absolute atomic E-state index is 13.1. The molecule has 2 unspecified atom stereocenters. The van der Waals surface area contributed by atoms with Gasteiger partial charge in [-0.15, -0.1) is 6.58 Å². The maximum Gasteiger partial charge on any atom is 0.256 e. The zero-order chi connectivity index (χ0) is 41.2. The van der Waals surface area contributed by atoms with Crippen LogP contribution in [0.5, 0.6) is 0 Å². The molecular formula is C47H56N10O3. The summed E-state index contributed by atoms with van der Waals surface area (Å²) >= 11 is 0. The molecule has 4 aromatic rings. The van der Waals surface area contributed by atoms with Crippen LogP contribution in [0.3, 0.4) is 0 Å². The van der Waals surface area contributed by atoms with E-state index < -0.39 is 0 Å². The number of carbonyl (C=O) groups excluding carboxylic acids is 3. The number of anilines is 6. The number of benzene rings is 2. The lowest BCUT2D eigenvalue weighted by atomic mass is 9.60. The fourth-order valence-corrected chi connectivity index (χ4v) is 9.96. The fraction of sp³-hybridized carbons (Fsp3) is 0.447. The molecule has 13 nitrogen and oxygen atoms in total. The maximum atomic E-state index is 13.1. The predicted octanol–water partition coefficient (Wildman–Crippen LogP) is 6.71. The summed E-state index contributed by atoms with van der Waals surface area (Å²) in [6, 6.07) is 21.5. The second-order valence-corrected chi connectivity index (χ2v) is 17.5. The minimum Gasteiger partial charge on any atom is -0.372 e. The summed E-state index contributed by atoms with van der Waals surface area (Å²) in [5, 5.41) is 15.9. The van der Waals surface area contributed by atoms with Crippen molar-refractivity contribution in [2.24, 2.45) is 11.3 Å². The number of piperidine rings is 2. The highest BCUT2D eigenvalue weighted by atomic mass is 16.2. The summed E-state index contributed by atoms with van der Waals surface area (Å²) in [5.41, 5.74) is 7.47. The topological polar surface area (TPSA) is 157 Å². The molecule has 2 aromatic carbocycles. The normalized spacial score (nSPS) is 21.1. The number of pyridine rings is 1. The summed E-state index contributed by atoms with van der Waals surface area (Å²) in [7, 11) is 0. The van der Waals surface area contributed by atoms with Gasteiger partial charge >= 0.3 is 0 Å². The number of imide groups is 1. The van der Waals surface area contributed by atoms with Gasteiger partial charge in [0, 0.05) is 85.5 Å². The molecule has 312 valence electrons. The van der Waals surface area contributed by atoms with Gasteiger partial charge < -0.3 is 31.1 Å². The molecule has 0 radical (unpaired) electrons. The van der Waals surface area contributed by atoms with E-state index in [1.54, 1.807) is 12.3 Å². The van der Waals surface area contributed by atoms with E-state index >= 15 is 0 Å². The Morgan fingerprint density at radius 2 is 1.65 bits per heavy atom. The molecule has 1 saturated carbocycles. The first-order valence-electron chi connectivity index (χ1n) is 21.8. The van der Waals surface area contributed by atoms with Crippen LogP contribution in [0.1, 0.15) is 97.3 Å². The molecular weight excluding hydrogens is 753 g/mol. The lowest BCUT2D eigenvalue weighted by Crippen LogP contribution is -2.66. The lowest BCUT2D eigenvalue weighted by Gasteiger charge is -2.60. The molecule has 5 N–H and O–H groups in total. The molecule has 13 heteroatoms. The van der Waals surface area contributed by atoms with Gasteiger partial charge in [0.25, 0.3) is 5.91 Å². The molecule has 9 rings (SSSR count). The highest BCUT2D eigenvalue weighted by Crippen LogP contribution is 2.50. The molecule has 4 fully saturated rings. The van der Waals surface area contributed by atoms with Gasteiger partial charge in [-0.2, -0.15) is 4.98 Å². The number of fused-ring (bicyclic) bond motifs is 1. The van der Waals surface area contributed by atoms with Crippen LogP contribution in [0.25, 0.3) is 0 Å². The molecule has 5 heterocycles. The van der Waals surface area contributed by atoms with Gasteiger partial charge in [-0.05, 0) is 117 Å². The van der Waals surface area contributed by atoms with Crippen LogP contribution in [0.4, 0.5) is 34.6 Å². The average molecular weight is 809 g/mol. The molecule has 2 atom stereocenters. The average Bonchev–Trinajstić information content (AvgIpc) is 3.65. The molecule has 2 aromatic heterocycles.